The molecule has 17 heavy (non-hydrogen) atoms. The third-order valence-corrected chi connectivity index (χ3v) is 3.29. The van der Waals surface area contributed by atoms with Crippen molar-refractivity contribution in [3.05, 3.63) is 28.8 Å². The third-order valence-electron chi connectivity index (χ3n) is 2.97. The van der Waals surface area contributed by atoms with Gasteiger partial charge in [0.2, 0.25) is 0 Å². The van der Waals surface area contributed by atoms with Crippen molar-refractivity contribution in [3.8, 4) is 6.07 Å². The Bertz CT molecular complexity index is 442. The standard InChI is InChI=1S/C13H15ClN2O/c1-9-7-10(5-6-17-9)16-13-4-2-3-12(14)11(13)8-15/h2-4,9-10,16H,5-7H2,1H3. The van der Waals surface area contributed by atoms with Crippen LogP contribution in [0.25, 0.3) is 0 Å². The molecule has 2 rings (SSSR count). The second-order valence-corrected chi connectivity index (χ2v) is 4.73. The Morgan fingerprint density at radius 3 is 3.06 bits per heavy atom. The maximum atomic E-state index is 9.08. The predicted molar refractivity (Wildman–Crippen MR) is 68.2 cm³/mol. The molecule has 1 fully saturated rings. The molecule has 1 N–H and O–H groups in total. The molecule has 1 saturated heterocycles. The van der Waals surface area contributed by atoms with E-state index in [2.05, 4.69) is 18.3 Å². The molecule has 1 aromatic rings. The van der Waals surface area contributed by atoms with Crippen molar-refractivity contribution < 1.29 is 4.74 Å². The van der Waals surface area contributed by atoms with E-state index < -0.39 is 0 Å². The summed E-state index contributed by atoms with van der Waals surface area (Å²) in [5.74, 6) is 0. The minimum absolute atomic E-state index is 0.269. The van der Waals surface area contributed by atoms with Gasteiger partial charge in [0.25, 0.3) is 0 Å². The van der Waals surface area contributed by atoms with Gasteiger partial charge >= 0.3 is 0 Å². The fourth-order valence-corrected chi connectivity index (χ4v) is 2.32. The average molecular weight is 251 g/mol. The molecular formula is C13H15ClN2O. The highest BCUT2D eigenvalue weighted by Crippen LogP contribution is 2.26. The maximum Gasteiger partial charge on any atom is 0.103 e. The quantitative estimate of drug-likeness (QED) is 0.877. The Labute approximate surface area is 106 Å². The monoisotopic (exact) mass is 250 g/mol. The summed E-state index contributed by atoms with van der Waals surface area (Å²) in [7, 11) is 0. The van der Waals surface area contributed by atoms with E-state index in [-0.39, 0.29) is 6.10 Å². The van der Waals surface area contributed by atoms with Crippen LogP contribution in [0.1, 0.15) is 25.3 Å². The van der Waals surface area contributed by atoms with E-state index in [1.807, 2.05) is 12.1 Å². The largest absolute Gasteiger partial charge is 0.381 e. The second kappa shape index (κ2) is 5.39. The molecule has 0 amide bonds. The lowest BCUT2D eigenvalue weighted by Gasteiger charge is -2.29. The zero-order valence-electron chi connectivity index (χ0n) is 9.74. The molecule has 2 atom stereocenters. The van der Waals surface area contributed by atoms with Crippen molar-refractivity contribution in [1.82, 2.24) is 0 Å². The number of anilines is 1. The van der Waals surface area contributed by atoms with Crippen molar-refractivity contribution in [3.63, 3.8) is 0 Å². The Hall–Kier alpha value is -1.24. The molecule has 1 aromatic carbocycles. The van der Waals surface area contributed by atoms with Gasteiger partial charge < -0.3 is 10.1 Å². The van der Waals surface area contributed by atoms with Crippen LogP contribution in [-0.2, 0) is 4.74 Å². The van der Waals surface area contributed by atoms with E-state index >= 15 is 0 Å². The molecule has 1 aliphatic rings. The Morgan fingerprint density at radius 1 is 1.53 bits per heavy atom. The number of halogens is 1. The highest BCUT2D eigenvalue weighted by Gasteiger charge is 2.20. The Balaban J connectivity index is 2.13. The summed E-state index contributed by atoms with van der Waals surface area (Å²) in [6.07, 6.45) is 2.19. The molecule has 3 nitrogen and oxygen atoms in total. The number of hydrogen-bond acceptors (Lipinski definition) is 3. The summed E-state index contributed by atoms with van der Waals surface area (Å²) in [5.41, 5.74) is 1.34. The van der Waals surface area contributed by atoms with E-state index in [4.69, 9.17) is 21.6 Å². The van der Waals surface area contributed by atoms with Gasteiger partial charge in [-0.3, -0.25) is 0 Å². The molecule has 0 aromatic heterocycles. The predicted octanol–water partition coefficient (Wildman–Crippen LogP) is 3.19. The van der Waals surface area contributed by atoms with Gasteiger partial charge in [0.1, 0.15) is 6.07 Å². The van der Waals surface area contributed by atoms with E-state index in [9.17, 15) is 0 Å². The van der Waals surface area contributed by atoms with Crippen LogP contribution in [0.3, 0.4) is 0 Å². The highest BCUT2D eigenvalue weighted by molar-refractivity contribution is 6.32. The molecule has 1 aliphatic heterocycles. The highest BCUT2D eigenvalue weighted by atomic mass is 35.5. The number of benzene rings is 1. The minimum atomic E-state index is 0.269. The molecule has 0 aliphatic carbocycles. The summed E-state index contributed by atoms with van der Waals surface area (Å²) in [6.45, 7) is 2.83. The second-order valence-electron chi connectivity index (χ2n) is 4.32. The Morgan fingerprint density at radius 2 is 2.35 bits per heavy atom. The van der Waals surface area contributed by atoms with Gasteiger partial charge in [-0.05, 0) is 31.9 Å². The van der Waals surface area contributed by atoms with Crippen LogP contribution in [0.5, 0.6) is 0 Å². The number of ether oxygens (including phenoxy) is 1. The summed E-state index contributed by atoms with van der Waals surface area (Å²) in [6, 6.07) is 7.97. The summed E-state index contributed by atoms with van der Waals surface area (Å²) >= 11 is 5.99. The van der Waals surface area contributed by atoms with Gasteiger partial charge in [0.15, 0.2) is 0 Å². The van der Waals surface area contributed by atoms with Crippen LogP contribution >= 0.6 is 11.6 Å². The zero-order valence-corrected chi connectivity index (χ0v) is 10.5. The molecule has 2 unspecified atom stereocenters. The topological polar surface area (TPSA) is 45.0 Å². The van der Waals surface area contributed by atoms with Gasteiger partial charge in [0.05, 0.1) is 22.4 Å². The first-order chi connectivity index (χ1) is 8.20. The Kier molecular flexibility index (Phi) is 3.88. The van der Waals surface area contributed by atoms with Crippen LogP contribution in [0.2, 0.25) is 5.02 Å². The first-order valence-electron chi connectivity index (χ1n) is 5.77. The summed E-state index contributed by atoms with van der Waals surface area (Å²) in [5, 5.41) is 13.0. The molecule has 90 valence electrons. The fraction of sp³-hybridized carbons (Fsp3) is 0.462. The molecular weight excluding hydrogens is 236 g/mol. The fourth-order valence-electron chi connectivity index (χ4n) is 2.11. The average Bonchev–Trinajstić information content (AvgIpc) is 2.29. The van der Waals surface area contributed by atoms with Crippen molar-refractivity contribution in [2.45, 2.75) is 31.9 Å². The van der Waals surface area contributed by atoms with Crippen molar-refractivity contribution in [2.24, 2.45) is 0 Å². The summed E-state index contributed by atoms with van der Waals surface area (Å²) in [4.78, 5) is 0. The van der Waals surface area contributed by atoms with E-state index in [0.717, 1.165) is 25.1 Å². The smallest absolute Gasteiger partial charge is 0.103 e. The van der Waals surface area contributed by atoms with Gasteiger partial charge in [0, 0.05) is 12.6 Å². The van der Waals surface area contributed by atoms with Crippen LogP contribution in [0.15, 0.2) is 18.2 Å². The van der Waals surface area contributed by atoms with E-state index in [1.54, 1.807) is 6.07 Å². The number of nitrogens with one attached hydrogen (secondary N) is 1. The van der Waals surface area contributed by atoms with Crippen molar-refractivity contribution in [2.75, 3.05) is 11.9 Å². The van der Waals surface area contributed by atoms with Crippen LogP contribution in [0.4, 0.5) is 5.69 Å². The van der Waals surface area contributed by atoms with E-state index in [1.165, 1.54) is 0 Å². The van der Waals surface area contributed by atoms with Crippen LogP contribution in [-0.4, -0.2) is 18.8 Å². The molecule has 1 heterocycles. The van der Waals surface area contributed by atoms with Gasteiger partial charge in [-0.1, -0.05) is 17.7 Å². The van der Waals surface area contributed by atoms with Gasteiger partial charge in [-0.25, -0.2) is 0 Å². The minimum Gasteiger partial charge on any atom is -0.381 e. The van der Waals surface area contributed by atoms with Crippen molar-refractivity contribution in [1.29, 1.82) is 5.26 Å². The van der Waals surface area contributed by atoms with Gasteiger partial charge in [-0.2, -0.15) is 5.26 Å². The lowest BCUT2D eigenvalue weighted by Crippen LogP contribution is -2.32. The third kappa shape index (κ3) is 2.91. The number of hydrogen-bond donors (Lipinski definition) is 1. The SMILES string of the molecule is CC1CC(Nc2cccc(Cl)c2C#N)CCO1. The molecule has 0 spiro atoms. The molecule has 4 heteroatoms. The molecule has 0 saturated carbocycles. The van der Waals surface area contributed by atoms with Gasteiger partial charge in [-0.15, -0.1) is 0 Å². The van der Waals surface area contributed by atoms with Crippen LogP contribution < -0.4 is 5.32 Å². The number of nitriles is 1. The molecule has 0 radical (unpaired) electrons. The number of rotatable bonds is 2. The maximum absolute atomic E-state index is 9.08. The van der Waals surface area contributed by atoms with Crippen molar-refractivity contribution >= 4 is 17.3 Å². The summed E-state index contributed by atoms with van der Waals surface area (Å²) < 4.78 is 5.49. The van der Waals surface area contributed by atoms with Crippen LogP contribution in [0, 0.1) is 11.3 Å². The lowest BCUT2D eigenvalue weighted by molar-refractivity contribution is 0.0232. The number of nitrogens with zero attached hydrogens (tertiary/aromatic N) is 1. The normalized spacial score (nSPS) is 24.1. The first kappa shape index (κ1) is 12.2. The van der Waals surface area contributed by atoms with E-state index in [0.29, 0.717) is 16.6 Å². The first-order valence-corrected chi connectivity index (χ1v) is 6.15. The zero-order chi connectivity index (χ0) is 12.3. The lowest BCUT2D eigenvalue weighted by atomic mass is 10.0. The molecule has 0 bridgehead atoms.